The molecule has 0 aliphatic carbocycles. The first kappa shape index (κ1) is 10.4. The molecule has 1 aromatic carbocycles. The van der Waals surface area contributed by atoms with Gasteiger partial charge in [0.15, 0.2) is 5.58 Å². The van der Waals surface area contributed by atoms with Gasteiger partial charge in [-0.3, -0.25) is 0 Å². The molecular formula is C12H11N3OS. The summed E-state index contributed by atoms with van der Waals surface area (Å²) in [6.45, 7) is 0.612. The van der Waals surface area contributed by atoms with E-state index in [9.17, 15) is 0 Å². The summed E-state index contributed by atoms with van der Waals surface area (Å²) in [5, 5.41) is 2.97. The van der Waals surface area contributed by atoms with Crippen LogP contribution < -0.4 is 5.73 Å². The van der Waals surface area contributed by atoms with Crippen LogP contribution in [0.2, 0.25) is 0 Å². The predicted molar refractivity (Wildman–Crippen MR) is 67.9 cm³/mol. The lowest BCUT2D eigenvalue weighted by atomic mass is 10.3. The van der Waals surface area contributed by atoms with Crippen LogP contribution in [0.1, 0.15) is 5.01 Å². The molecule has 0 amide bonds. The fraction of sp³-hybridized carbons (Fsp3) is 0.167. The van der Waals surface area contributed by atoms with Gasteiger partial charge in [-0.2, -0.15) is 0 Å². The van der Waals surface area contributed by atoms with Crippen LogP contribution in [-0.2, 0) is 6.42 Å². The summed E-state index contributed by atoms with van der Waals surface area (Å²) in [5.41, 5.74) is 7.93. The third kappa shape index (κ3) is 1.94. The minimum Gasteiger partial charge on any atom is -0.435 e. The summed E-state index contributed by atoms with van der Waals surface area (Å²) >= 11 is 1.59. The van der Waals surface area contributed by atoms with Gasteiger partial charge in [-0.15, -0.1) is 11.3 Å². The van der Waals surface area contributed by atoms with Gasteiger partial charge in [-0.1, -0.05) is 12.1 Å². The average molecular weight is 245 g/mol. The number of rotatable bonds is 3. The summed E-state index contributed by atoms with van der Waals surface area (Å²) in [6.07, 6.45) is 0.797. The first-order valence-corrected chi connectivity index (χ1v) is 6.25. The van der Waals surface area contributed by atoms with Crippen molar-refractivity contribution in [2.45, 2.75) is 6.42 Å². The second kappa shape index (κ2) is 4.27. The molecule has 4 nitrogen and oxygen atoms in total. The molecule has 17 heavy (non-hydrogen) atoms. The van der Waals surface area contributed by atoms with Gasteiger partial charge in [0.25, 0.3) is 0 Å². The molecule has 0 unspecified atom stereocenters. The topological polar surface area (TPSA) is 64.9 Å². The summed E-state index contributed by atoms with van der Waals surface area (Å²) < 4.78 is 5.65. The Morgan fingerprint density at radius 3 is 2.94 bits per heavy atom. The maximum atomic E-state index is 5.65. The molecule has 0 saturated heterocycles. The van der Waals surface area contributed by atoms with Crippen LogP contribution in [-0.4, -0.2) is 16.5 Å². The zero-order chi connectivity index (χ0) is 11.7. The molecule has 5 heteroatoms. The number of hydrogen-bond donors (Lipinski definition) is 1. The van der Waals surface area contributed by atoms with E-state index in [-0.39, 0.29) is 0 Å². The lowest BCUT2D eigenvalue weighted by Crippen LogP contribution is -2.01. The Balaban J connectivity index is 2.01. The monoisotopic (exact) mass is 245 g/mol. The average Bonchev–Trinajstić information content (AvgIpc) is 2.94. The molecule has 2 N–H and O–H groups in total. The van der Waals surface area contributed by atoms with E-state index in [2.05, 4.69) is 9.97 Å². The number of oxazole rings is 1. The van der Waals surface area contributed by atoms with E-state index >= 15 is 0 Å². The van der Waals surface area contributed by atoms with Crippen LogP contribution in [0.4, 0.5) is 0 Å². The number of aromatic nitrogens is 2. The number of nitrogens with two attached hydrogens (primary N) is 1. The van der Waals surface area contributed by atoms with Crippen molar-refractivity contribution in [2.75, 3.05) is 6.54 Å². The van der Waals surface area contributed by atoms with Crippen LogP contribution in [0.3, 0.4) is 0 Å². The van der Waals surface area contributed by atoms with E-state index in [0.29, 0.717) is 12.4 Å². The number of hydrogen-bond acceptors (Lipinski definition) is 5. The molecular weight excluding hydrogens is 234 g/mol. The van der Waals surface area contributed by atoms with Crippen molar-refractivity contribution >= 4 is 22.4 Å². The van der Waals surface area contributed by atoms with Gasteiger partial charge in [0, 0.05) is 11.8 Å². The Morgan fingerprint density at radius 2 is 2.12 bits per heavy atom. The van der Waals surface area contributed by atoms with Gasteiger partial charge < -0.3 is 10.2 Å². The van der Waals surface area contributed by atoms with Crippen molar-refractivity contribution in [1.82, 2.24) is 9.97 Å². The van der Waals surface area contributed by atoms with Crippen LogP contribution in [0, 0.1) is 0 Å². The third-order valence-corrected chi connectivity index (χ3v) is 3.33. The zero-order valence-electron chi connectivity index (χ0n) is 9.09. The highest BCUT2D eigenvalue weighted by atomic mass is 32.1. The molecule has 2 aromatic heterocycles. The highest BCUT2D eigenvalue weighted by Crippen LogP contribution is 2.25. The van der Waals surface area contributed by atoms with Crippen molar-refractivity contribution in [3.8, 4) is 11.6 Å². The number of fused-ring (bicyclic) bond motifs is 1. The molecule has 0 saturated carbocycles. The highest BCUT2D eigenvalue weighted by Gasteiger charge is 2.11. The van der Waals surface area contributed by atoms with E-state index in [4.69, 9.17) is 10.2 Å². The van der Waals surface area contributed by atoms with E-state index in [0.717, 1.165) is 28.2 Å². The van der Waals surface area contributed by atoms with Gasteiger partial charge >= 0.3 is 0 Å². The van der Waals surface area contributed by atoms with E-state index < -0.39 is 0 Å². The number of thiazole rings is 1. The van der Waals surface area contributed by atoms with Crippen LogP contribution in [0.25, 0.3) is 22.7 Å². The number of nitrogens with zero attached hydrogens (tertiary/aromatic N) is 2. The zero-order valence-corrected chi connectivity index (χ0v) is 9.91. The van der Waals surface area contributed by atoms with Crippen LogP contribution in [0.15, 0.2) is 34.1 Å². The van der Waals surface area contributed by atoms with Crippen LogP contribution in [0.5, 0.6) is 0 Å². The quantitative estimate of drug-likeness (QED) is 0.769. The minimum atomic E-state index is 0.575. The van der Waals surface area contributed by atoms with Crippen LogP contribution >= 0.6 is 11.3 Å². The van der Waals surface area contributed by atoms with E-state index in [1.54, 1.807) is 11.3 Å². The predicted octanol–water partition coefficient (Wildman–Crippen LogP) is 2.45. The second-order valence-corrected chi connectivity index (χ2v) is 4.59. The maximum absolute atomic E-state index is 5.65. The first-order chi connectivity index (χ1) is 8.36. The smallest absolute Gasteiger partial charge is 0.247 e. The standard InChI is InChI=1S/C12H11N3OS/c13-6-5-11-14-9(7-17-11)12-15-8-3-1-2-4-10(8)16-12/h1-4,7H,5-6,13H2. The van der Waals surface area contributed by atoms with Gasteiger partial charge in [-0.05, 0) is 18.7 Å². The van der Waals surface area contributed by atoms with Gasteiger partial charge in [0.05, 0.1) is 5.01 Å². The molecule has 0 radical (unpaired) electrons. The molecule has 2 heterocycles. The van der Waals surface area contributed by atoms with Gasteiger partial charge in [-0.25, -0.2) is 9.97 Å². The Bertz CT molecular complexity index is 611. The number of para-hydroxylation sites is 2. The highest BCUT2D eigenvalue weighted by molar-refractivity contribution is 7.09. The molecule has 3 aromatic rings. The summed E-state index contributed by atoms with van der Waals surface area (Å²) in [4.78, 5) is 8.85. The van der Waals surface area contributed by atoms with Crippen molar-refractivity contribution in [2.24, 2.45) is 5.73 Å². The second-order valence-electron chi connectivity index (χ2n) is 3.65. The maximum Gasteiger partial charge on any atom is 0.247 e. The van der Waals surface area contributed by atoms with Gasteiger partial charge in [0.2, 0.25) is 5.89 Å². The Labute approximate surface area is 102 Å². The molecule has 0 spiro atoms. The van der Waals surface area contributed by atoms with Crippen molar-refractivity contribution in [3.05, 3.63) is 34.7 Å². The van der Waals surface area contributed by atoms with Crippen molar-refractivity contribution in [1.29, 1.82) is 0 Å². The molecule has 3 rings (SSSR count). The molecule has 0 atom stereocenters. The first-order valence-electron chi connectivity index (χ1n) is 5.37. The Hall–Kier alpha value is -1.72. The van der Waals surface area contributed by atoms with Gasteiger partial charge in [0.1, 0.15) is 11.2 Å². The summed E-state index contributed by atoms with van der Waals surface area (Å²) in [7, 11) is 0. The molecule has 0 aliphatic heterocycles. The van der Waals surface area contributed by atoms with Crippen molar-refractivity contribution < 1.29 is 4.42 Å². The Kier molecular flexibility index (Phi) is 2.62. The summed E-state index contributed by atoms with van der Waals surface area (Å²) in [5.74, 6) is 0.575. The lowest BCUT2D eigenvalue weighted by Gasteiger charge is -1.88. The lowest BCUT2D eigenvalue weighted by molar-refractivity contribution is 0.617. The Morgan fingerprint density at radius 1 is 1.24 bits per heavy atom. The van der Waals surface area contributed by atoms with E-state index in [1.165, 1.54) is 0 Å². The SMILES string of the molecule is NCCc1nc(-c2nc3ccccc3o2)cs1. The fourth-order valence-corrected chi connectivity index (χ4v) is 2.42. The largest absolute Gasteiger partial charge is 0.435 e. The minimum absolute atomic E-state index is 0.575. The fourth-order valence-electron chi connectivity index (χ4n) is 1.63. The third-order valence-electron chi connectivity index (χ3n) is 2.42. The molecule has 0 bridgehead atoms. The van der Waals surface area contributed by atoms with Crippen molar-refractivity contribution in [3.63, 3.8) is 0 Å². The molecule has 86 valence electrons. The summed E-state index contributed by atoms with van der Waals surface area (Å²) in [6, 6.07) is 7.70. The normalized spacial score (nSPS) is 11.1. The molecule has 0 aliphatic rings. The molecule has 0 fully saturated rings. The van der Waals surface area contributed by atoms with E-state index in [1.807, 2.05) is 29.6 Å². The number of benzene rings is 1.